The highest BCUT2D eigenvalue weighted by Crippen LogP contribution is 2.06. The van der Waals surface area contributed by atoms with Crippen LogP contribution in [0.4, 0.5) is 0 Å². The zero-order valence-electron chi connectivity index (χ0n) is 9.72. The monoisotopic (exact) mass is 210 g/mol. The Morgan fingerprint density at radius 3 is 2.33 bits per heavy atom. The third kappa shape index (κ3) is 10.9. The van der Waals surface area contributed by atoms with E-state index in [-0.39, 0.29) is 12.3 Å². The molecule has 0 aliphatic rings. The highest BCUT2D eigenvalue weighted by molar-refractivity contribution is 5.77. The summed E-state index contributed by atoms with van der Waals surface area (Å²) in [5.41, 5.74) is 0. The van der Waals surface area contributed by atoms with Crippen LogP contribution in [-0.4, -0.2) is 12.5 Å². The van der Waals surface area contributed by atoms with E-state index in [0.29, 0.717) is 6.54 Å². The van der Waals surface area contributed by atoms with Gasteiger partial charge in [0.15, 0.2) is 0 Å². The van der Waals surface area contributed by atoms with Gasteiger partial charge in [0, 0.05) is 6.54 Å². The summed E-state index contributed by atoms with van der Waals surface area (Å²) >= 11 is 0. The average molecular weight is 210 g/mol. The number of unbranched alkanes of at least 4 members (excludes halogenated alkanes) is 6. The van der Waals surface area contributed by atoms with Crippen molar-refractivity contribution in [1.82, 2.24) is 5.32 Å². The molecule has 86 valence electrons. The third-order valence-corrected chi connectivity index (χ3v) is 2.34. The summed E-state index contributed by atoms with van der Waals surface area (Å²) in [6.07, 6.45) is 8.70. The second kappa shape index (κ2) is 11.0. The van der Waals surface area contributed by atoms with Crippen molar-refractivity contribution in [2.75, 3.05) is 6.54 Å². The van der Waals surface area contributed by atoms with Crippen LogP contribution in [-0.2, 0) is 4.79 Å². The molecule has 1 N–H and O–H groups in total. The van der Waals surface area contributed by atoms with E-state index in [9.17, 15) is 4.79 Å². The van der Waals surface area contributed by atoms with Crippen LogP contribution in [0.15, 0.2) is 0 Å². The molecule has 0 aromatic carbocycles. The van der Waals surface area contributed by atoms with E-state index in [4.69, 9.17) is 5.26 Å². The highest BCUT2D eigenvalue weighted by Gasteiger charge is 1.97. The number of amides is 1. The van der Waals surface area contributed by atoms with Crippen molar-refractivity contribution in [3.05, 3.63) is 0 Å². The summed E-state index contributed by atoms with van der Waals surface area (Å²) in [4.78, 5) is 10.9. The Morgan fingerprint density at radius 1 is 1.13 bits per heavy atom. The van der Waals surface area contributed by atoms with E-state index in [2.05, 4.69) is 12.2 Å². The molecule has 0 unspecified atom stereocenters. The number of rotatable bonds is 9. The zero-order valence-corrected chi connectivity index (χ0v) is 9.72. The van der Waals surface area contributed by atoms with Gasteiger partial charge < -0.3 is 5.32 Å². The van der Waals surface area contributed by atoms with Gasteiger partial charge in [0.25, 0.3) is 0 Å². The molecule has 15 heavy (non-hydrogen) atoms. The maximum absolute atomic E-state index is 10.9. The maximum atomic E-state index is 10.9. The number of nitriles is 1. The Hall–Kier alpha value is -1.04. The van der Waals surface area contributed by atoms with Crippen LogP contribution in [0.1, 0.15) is 58.3 Å². The molecule has 0 saturated carbocycles. The second-order valence-corrected chi connectivity index (χ2v) is 3.81. The lowest BCUT2D eigenvalue weighted by molar-refractivity contribution is -0.120. The molecular weight excluding hydrogens is 188 g/mol. The minimum Gasteiger partial charge on any atom is -0.355 e. The van der Waals surface area contributed by atoms with Gasteiger partial charge in [0.05, 0.1) is 6.07 Å². The van der Waals surface area contributed by atoms with Gasteiger partial charge in [-0.1, -0.05) is 45.4 Å². The first-order valence-electron chi connectivity index (χ1n) is 5.95. The standard InChI is InChI=1S/C12H22N2O/c1-2-3-4-5-6-7-8-11-14-12(15)9-10-13/h2-9,11H2,1H3,(H,14,15). The van der Waals surface area contributed by atoms with E-state index in [1.807, 2.05) is 6.07 Å². The van der Waals surface area contributed by atoms with Crippen LogP contribution >= 0.6 is 0 Å². The van der Waals surface area contributed by atoms with Gasteiger partial charge in [-0.15, -0.1) is 0 Å². The molecule has 0 radical (unpaired) electrons. The minimum atomic E-state index is -0.150. The van der Waals surface area contributed by atoms with Crippen molar-refractivity contribution >= 4 is 5.91 Å². The van der Waals surface area contributed by atoms with E-state index in [1.54, 1.807) is 0 Å². The summed E-state index contributed by atoms with van der Waals surface area (Å²) in [6, 6.07) is 1.83. The van der Waals surface area contributed by atoms with Gasteiger partial charge in [0.2, 0.25) is 5.91 Å². The molecule has 0 fully saturated rings. The van der Waals surface area contributed by atoms with Crippen molar-refractivity contribution in [2.24, 2.45) is 0 Å². The van der Waals surface area contributed by atoms with Crippen LogP contribution in [0.2, 0.25) is 0 Å². The summed E-state index contributed by atoms with van der Waals surface area (Å²) in [5.74, 6) is -0.150. The SMILES string of the molecule is CCCCCCCCCNC(=O)CC#N. The molecule has 0 bridgehead atoms. The molecule has 0 aliphatic heterocycles. The summed E-state index contributed by atoms with van der Waals surface area (Å²) < 4.78 is 0. The van der Waals surface area contributed by atoms with E-state index >= 15 is 0 Å². The molecule has 3 nitrogen and oxygen atoms in total. The largest absolute Gasteiger partial charge is 0.355 e. The zero-order chi connectivity index (χ0) is 11.4. The second-order valence-electron chi connectivity index (χ2n) is 3.81. The number of nitrogens with zero attached hydrogens (tertiary/aromatic N) is 1. The molecule has 0 heterocycles. The first-order chi connectivity index (χ1) is 7.31. The summed E-state index contributed by atoms with van der Waals surface area (Å²) in [5, 5.41) is 11.0. The smallest absolute Gasteiger partial charge is 0.234 e. The van der Waals surface area contributed by atoms with Crippen LogP contribution < -0.4 is 5.32 Å². The van der Waals surface area contributed by atoms with Gasteiger partial charge in [-0.05, 0) is 6.42 Å². The molecular formula is C12H22N2O. The van der Waals surface area contributed by atoms with Crippen LogP contribution in [0.3, 0.4) is 0 Å². The molecule has 0 saturated heterocycles. The summed E-state index contributed by atoms with van der Waals surface area (Å²) in [6.45, 7) is 2.93. The first-order valence-corrected chi connectivity index (χ1v) is 5.95. The predicted octanol–water partition coefficient (Wildman–Crippen LogP) is 2.77. The maximum Gasteiger partial charge on any atom is 0.234 e. The molecule has 0 aliphatic carbocycles. The van der Waals surface area contributed by atoms with Gasteiger partial charge in [-0.25, -0.2) is 0 Å². The number of carbonyl (C=O) groups excluding carboxylic acids is 1. The van der Waals surface area contributed by atoms with Crippen molar-refractivity contribution in [1.29, 1.82) is 5.26 Å². The highest BCUT2D eigenvalue weighted by atomic mass is 16.1. The van der Waals surface area contributed by atoms with E-state index in [1.165, 1.54) is 38.5 Å². The topological polar surface area (TPSA) is 52.9 Å². The molecule has 0 aromatic rings. The van der Waals surface area contributed by atoms with Crippen molar-refractivity contribution in [2.45, 2.75) is 58.3 Å². The normalized spacial score (nSPS) is 9.60. The predicted molar refractivity (Wildman–Crippen MR) is 61.2 cm³/mol. The number of hydrogen-bond acceptors (Lipinski definition) is 2. The Balaban J connectivity index is 3.05. The molecule has 3 heteroatoms. The van der Waals surface area contributed by atoms with Crippen molar-refractivity contribution in [3.63, 3.8) is 0 Å². The molecule has 0 rings (SSSR count). The molecule has 1 amide bonds. The minimum absolute atomic E-state index is 0.0174. The fourth-order valence-electron chi connectivity index (χ4n) is 1.44. The van der Waals surface area contributed by atoms with Crippen LogP contribution in [0.5, 0.6) is 0 Å². The van der Waals surface area contributed by atoms with Crippen molar-refractivity contribution < 1.29 is 4.79 Å². The molecule has 0 atom stereocenters. The Labute approximate surface area is 92.9 Å². The molecule has 0 aromatic heterocycles. The number of nitrogens with one attached hydrogen (secondary N) is 1. The quantitative estimate of drug-likeness (QED) is 0.595. The number of carbonyl (C=O) groups is 1. The Bertz CT molecular complexity index is 196. The van der Waals surface area contributed by atoms with Crippen LogP contribution in [0.25, 0.3) is 0 Å². The van der Waals surface area contributed by atoms with Gasteiger partial charge in [-0.2, -0.15) is 5.26 Å². The Morgan fingerprint density at radius 2 is 1.73 bits per heavy atom. The fraction of sp³-hybridized carbons (Fsp3) is 0.833. The Kier molecular flexibility index (Phi) is 10.3. The summed E-state index contributed by atoms with van der Waals surface area (Å²) in [7, 11) is 0. The number of hydrogen-bond donors (Lipinski definition) is 1. The third-order valence-electron chi connectivity index (χ3n) is 2.34. The van der Waals surface area contributed by atoms with Gasteiger partial charge >= 0.3 is 0 Å². The lowest BCUT2D eigenvalue weighted by Crippen LogP contribution is -2.23. The van der Waals surface area contributed by atoms with Crippen LogP contribution in [0, 0.1) is 11.3 Å². The average Bonchev–Trinajstić information content (AvgIpc) is 2.22. The fourth-order valence-corrected chi connectivity index (χ4v) is 1.44. The lowest BCUT2D eigenvalue weighted by Gasteiger charge is -2.02. The van der Waals surface area contributed by atoms with E-state index in [0.717, 1.165) is 6.42 Å². The van der Waals surface area contributed by atoms with Gasteiger partial charge in [-0.3, -0.25) is 4.79 Å². The first kappa shape index (κ1) is 14.0. The van der Waals surface area contributed by atoms with Gasteiger partial charge in [0.1, 0.15) is 6.42 Å². The van der Waals surface area contributed by atoms with E-state index < -0.39 is 0 Å². The van der Waals surface area contributed by atoms with Crippen molar-refractivity contribution in [3.8, 4) is 6.07 Å². The molecule has 0 spiro atoms. The lowest BCUT2D eigenvalue weighted by atomic mass is 10.1.